The Morgan fingerprint density at radius 2 is 1.84 bits per heavy atom. The van der Waals surface area contributed by atoms with Crippen LogP contribution in [0.4, 0.5) is 0 Å². The topological polar surface area (TPSA) is 108 Å². The van der Waals surface area contributed by atoms with Crippen molar-refractivity contribution < 1.29 is 37.5 Å². The first-order chi connectivity index (χ1) is 14.2. The molecule has 2 heterocycles. The summed E-state index contributed by atoms with van der Waals surface area (Å²) in [6, 6.07) is 0. The van der Waals surface area contributed by atoms with Gasteiger partial charge in [-0.3, -0.25) is 9.05 Å². The molecule has 1 saturated heterocycles. The van der Waals surface area contributed by atoms with E-state index in [1.165, 1.54) is 14.2 Å². The summed E-state index contributed by atoms with van der Waals surface area (Å²) < 4.78 is 46.3. The molecule has 178 valence electrons. The van der Waals surface area contributed by atoms with Gasteiger partial charge in [-0.1, -0.05) is 6.58 Å². The van der Waals surface area contributed by atoms with Crippen LogP contribution in [0.2, 0.25) is 0 Å². The van der Waals surface area contributed by atoms with Crippen LogP contribution in [-0.4, -0.2) is 72.3 Å². The van der Waals surface area contributed by atoms with Gasteiger partial charge in [0, 0.05) is 19.4 Å². The van der Waals surface area contributed by atoms with E-state index in [9.17, 15) is 9.46 Å². The summed E-state index contributed by atoms with van der Waals surface area (Å²) in [5.41, 5.74) is -1.34. The van der Waals surface area contributed by atoms with E-state index in [4.69, 9.17) is 28.0 Å². The number of hydrogen-bond donors (Lipinski definition) is 1. The van der Waals surface area contributed by atoms with Gasteiger partial charge < -0.3 is 28.7 Å². The van der Waals surface area contributed by atoms with E-state index in [-0.39, 0.29) is 6.61 Å². The van der Waals surface area contributed by atoms with Crippen LogP contribution in [-0.2, 0) is 32.6 Å². The van der Waals surface area contributed by atoms with Crippen molar-refractivity contribution in [1.82, 2.24) is 4.90 Å². The van der Waals surface area contributed by atoms with Crippen molar-refractivity contribution in [2.75, 3.05) is 20.8 Å². The minimum absolute atomic E-state index is 0.108. The average molecular weight is 462 g/mol. The molecule has 0 aliphatic carbocycles. The third-order valence-corrected chi connectivity index (χ3v) is 5.57. The lowest BCUT2D eigenvalue weighted by molar-refractivity contribution is -0.107. The van der Waals surface area contributed by atoms with Crippen LogP contribution >= 0.6 is 7.82 Å². The lowest BCUT2D eigenvalue weighted by Crippen LogP contribution is -2.44. The summed E-state index contributed by atoms with van der Waals surface area (Å²) in [5.74, 6) is 0.757. The lowest BCUT2D eigenvalue weighted by atomic mass is 10.1. The predicted molar refractivity (Wildman–Crippen MR) is 115 cm³/mol. The van der Waals surface area contributed by atoms with Gasteiger partial charge >= 0.3 is 7.82 Å². The summed E-state index contributed by atoms with van der Waals surface area (Å²) in [6.07, 6.45) is 0.178. The highest BCUT2D eigenvalue weighted by Gasteiger charge is 2.52. The Bertz CT molecular complexity index is 755. The summed E-state index contributed by atoms with van der Waals surface area (Å²) in [5, 5.41) is 0. The van der Waals surface area contributed by atoms with Crippen molar-refractivity contribution in [2.45, 2.75) is 77.3 Å². The van der Waals surface area contributed by atoms with Crippen LogP contribution in [0, 0.1) is 0 Å². The zero-order valence-corrected chi connectivity index (χ0v) is 20.4. The zero-order chi connectivity index (χ0) is 23.6. The first kappa shape index (κ1) is 26.0. The molecule has 0 spiro atoms. The van der Waals surface area contributed by atoms with Crippen LogP contribution in [0.25, 0.3) is 0 Å². The molecule has 2 aliphatic rings. The average Bonchev–Trinajstić information content (AvgIpc) is 2.93. The molecule has 1 fully saturated rings. The molecule has 31 heavy (non-hydrogen) atoms. The third-order valence-electron chi connectivity index (χ3n) is 4.28. The maximum Gasteiger partial charge on any atom is 0.473 e. The summed E-state index contributed by atoms with van der Waals surface area (Å²) in [7, 11) is -1.46. The van der Waals surface area contributed by atoms with Crippen LogP contribution in [0.3, 0.4) is 0 Å². The van der Waals surface area contributed by atoms with Crippen LogP contribution in [0.5, 0.6) is 0 Å². The molecule has 0 radical (unpaired) electrons. The fraction of sp³-hybridized carbons (Fsp3) is 0.750. The van der Waals surface area contributed by atoms with Gasteiger partial charge in [-0.05, 0) is 41.5 Å². The zero-order valence-electron chi connectivity index (χ0n) is 19.5. The van der Waals surface area contributed by atoms with Gasteiger partial charge in [0.2, 0.25) is 5.90 Å². The second-order valence-electron chi connectivity index (χ2n) is 9.22. The maximum absolute atomic E-state index is 12.7. The van der Waals surface area contributed by atoms with E-state index < -0.39 is 43.6 Å². The van der Waals surface area contributed by atoms with E-state index in [1.54, 1.807) is 37.9 Å². The van der Waals surface area contributed by atoms with Gasteiger partial charge in [-0.15, -0.1) is 0 Å². The van der Waals surface area contributed by atoms with E-state index in [0.29, 0.717) is 11.7 Å². The molecule has 0 aromatic rings. The molecule has 0 amide bonds. The number of ether oxygens (including phenoxy) is 4. The van der Waals surface area contributed by atoms with Gasteiger partial charge in [-0.2, -0.15) is 4.99 Å². The molecule has 1 N–H and O–H groups in total. The molecule has 2 unspecified atom stereocenters. The van der Waals surface area contributed by atoms with Crippen molar-refractivity contribution in [3.05, 3.63) is 24.7 Å². The molecule has 2 rings (SSSR count). The Hall–Kier alpha value is -1.26. The normalized spacial score (nSPS) is 29.1. The molecule has 0 bridgehead atoms. The predicted octanol–water partition coefficient (Wildman–Crippen LogP) is 3.19. The highest BCUT2D eigenvalue weighted by atomic mass is 31.2. The fourth-order valence-electron chi connectivity index (χ4n) is 3.10. The summed E-state index contributed by atoms with van der Waals surface area (Å²) >= 11 is 0. The van der Waals surface area contributed by atoms with Gasteiger partial charge in [0.1, 0.15) is 24.1 Å². The monoisotopic (exact) mass is 462 g/mol. The van der Waals surface area contributed by atoms with Gasteiger partial charge in [0.05, 0.1) is 24.9 Å². The number of aliphatic imine (C=N–C) groups is 1. The Kier molecular flexibility index (Phi) is 8.14. The first-order valence-corrected chi connectivity index (χ1v) is 11.5. The lowest BCUT2D eigenvalue weighted by Gasteiger charge is -2.32. The number of rotatable bonds is 7. The molecular formula is C20H35N2O8P. The number of methoxy groups -OCH3 is 2. The van der Waals surface area contributed by atoms with Crippen LogP contribution < -0.4 is 0 Å². The summed E-state index contributed by atoms with van der Waals surface area (Å²) in [6.45, 7) is 14.7. The standard InChI is InChI=1S/C20H35N2O8P/c1-13-21-15(25-8)10-11-22(13)18-17(26-9)16(14(28-18)12-27-19(2,3)4)29-31(23,24)30-20(5,6)7/h10-11,14,16-18H,1,12H2,2-9H3,(H,23,24)/t14-,16?,17+,18-/m1/s1. The quantitative estimate of drug-likeness (QED) is 0.571. The van der Waals surface area contributed by atoms with Crippen molar-refractivity contribution in [2.24, 2.45) is 4.99 Å². The summed E-state index contributed by atoms with van der Waals surface area (Å²) in [4.78, 5) is 16.3. The van der Waals surface area contributed by atoms with Gasteiger partial charge in [0.25, 0.3) is 0 Å². The highest BCUT2D eigenvalue weighted by Crippen LogP contribution is 2.51. The molecule has 10 nitrogen and oxygen atoms in total. The molecule has 0 aromatic carbocycles. The van der Waals surface area contributed by atoms with Crippen molar-refractivity contribution in [1.29, 1.82) is 0 Å². The van der Waals surface area contributed by atoms with Crippen LogP contribution in [0.15, 0.2) is 29.7 Å². The molecule has 0 saturated carbocycles. The minimum atomic E-state index is -4.43. The molecule has 5 atom stereocenters. The maximum atomic E-state index is 12.7. The van der Waals surface area contributed by atoms with Gasteiger partial charge in [-0.25, -0.2) is 4.57 Å². The molecule has 11 heteroatoms. The number of hydrogen-bond acceptors (Lipinski definition) is 9. The first-order valence-electron chi connectivity index (χ1n) is 9.98. The third kappa shape index (κ3) is 7.39. The fourth-order valence-corrected chi connectivity index (χ4v) is 4.39. The number of phosphoric acid groups is 1. The molecular weight excluding hydrogens is 427 g/mol. The van der Waals surface area contributed by atoms with Crippen molar-refractivity contribution in [3.63, 3.8) is 0 Å². The Balaban J connectivity index is 2.30. The minimum Gasteiger partial charge on any atom is -0.481 e. The Morgan fingerprint density at radius 1 is 1.19 bits per heavy atom. The Labute approximate surface area is 184 Å². The molecule has 2 aliphatic heterocycles. The largest absolute Gasteiger partial charge is 0.481 e. The number of phosphoric ester groups is 1. The number of nitrogens with zero attached hydrogens (tertiary/aromatic N) is 2. The Morgan fingerprint density at radius 3 is 2.32 bits per heavy atom. The van der Waals surface area contributed by atoms with Crippen molar-refractivity contribution >= 4 is 13.7 Å². The van der Waals surface area contributed by atoms with E-state index in [1.807, 2.05) is 20.8 Å². The smallest absolute Gasteiger partial charge is 0.473 e. The SMILES string of the molecule is C=C1N=C(OC)C=CN1[C@@H]1O[C@H](COC(C)(C)C)C(OP(=O)(O)OC(C)(C)C)[C@@H]1OC. The second-order valence-corrected chi connectivity index (χ2v) is 10.6. The highest BCUT2D eigenvalue weighted by molar-refractivity contribution is 7.47. The second kappa shape index (κ2) is 9.70. The van der Waals surface area contributed by atoms with E-state index in [2.05, 4.69) is 11.6 Å². The van der Waals surface area contributed by atoms with Crippen LogP contribution in [0.1, 0.15) is 41.5 Å². The van der Waals surface area contributed by atoms with Crippen molar-refractivity contribution in [3.8, 4) is 0 Å². The van der Waals surface area contributed by atoms with E-state index >= 15 is 0 Å². The molecule has 0 aromatic heterocycles. The van der Waals surface area contributed by atoms with E-state index in [0.717, 1.165) is 0 Å². The van der Waals surface area contributed by atoms with Gasteiger partial charge in [0.15, 0.2) is 6.23 Å².